The molecule has 176 valence electrons. The molecule has 0 atom stereocenters. The predicted molar refractivity (Wildman–Crippen MR) is 142 cm³/mol. The topological polar surface area (TPSA) is 54.4 Å². The Morgan fingerprint density at radius 3 is 2.09 bits per heavy atom. The molecule has 0 aliphatic heterocycles. The maximum atomic E-state index is 12.9. The van der Waals surface area contributed by atoms with Gasteiger partial charge in [0, 0.05) is 12.0 Å². The second-order valence-electron chi connectivity index (χ2n) is 10.0. The first-order valence-electron chi connectivity index (χ1n) is 12.3. The molecule has 0 radical (unpaired) electrons. The molecule has 4 heteroatoms. The zero-order valence-electron chi connectivity index (χ0n) is 20.2. The molecule has 35 heavy (non-hydrogen) atoms. The van der Waals surface area contributed by atoms with Crippen LogP contribution >= 0.6 is 0 Å². The van der Waals surface area contributed by atoms with Gasteiger partial charge in [-0.05, 0) is 80.0 Å². The van der Waals surface area contributed by atoms with Gasteiger partial charge in [0.15, 0.2) is 0 Å². The molecule has 2 aliphatic rings. The molecular formula is C31H28O3S. The van der Waals surface area contributed by atoms with E-state index in [2.05, 4.69) is 63.2 Å². The Balaban J connectivity index is 1.60. The van der Waals surface area contributed by atoms with Crippen LogP contribution in [0.2, 0.25) is 0 Å². The molecule has 2 aliphatic carbocycles. The van der Waals surface area contributed by atoms with Crippen molar-refractivity contribution in [2.75, 3.05) is 0 Å². The molecule has 4 aromatic carbocycles. The van der Waals surface area contributed by atoms with Crippen molar-refractivity contribution < 1.29 is 13.0 Å². The molecule has 1 N–H and O–H groups in total. The van der Waals surface area contributed by atoms with E-state index >= 15 is 0 Å². The van der Waals surface area contributed by atoms with Crippen molar-refractivity contribution in [1.29, 1.82) is 0 Å². The quantitative estimate of drug-likeness (QED) is 0.267. The van der Waals surface area contributed by atoms with Crippen molar-refractivity contribution in [3.63, 3.8) is 0 Å². The minimum absolute atomic E-state index is 0.0590. The van der Waals surface area contributed by atoms with E-state index in [9.17, 15) is 13.0 Å². The smallest absolute Gasteiger partial charge is 0.282 e. The lowest BCUT2D eigenvalue weighted by atomic mass is 9.90. The summed E-state index contributed by atoms with van der Waals surface area (Å²) in [5, 5.41) is 0. The van der Waals surface area contributed by atoms with E-state index in [-0.39, 0.29) is 4.90 Å². The van der Waals surface area contributed by atoms with Crippen molar-refractivity contribution in [3.05, 3.63) is 100 Å². The van der Waals surface area contributed by atoms with Crippen LogP contribution in [0.4, 0.5) is 0 Å². The summed E-state index contributed by atoms with van der Waals surface area (Å²) < 4.78 is 36.4. The molecule has 0 unspecified atom stereocenters. The van der Waals surface area contributed by atoms with Gasteiger partial charge in [-0.2, -0.15) is 8.42 Å². The average Bonchev–Trinajstić information content (AvgIpc) is 3.39. The summed E-state index contributed by atoms with van der Waals surface area (Å²) in [6.07, 6.45) is 2.10. The summed E-state index contributed by atoms with van der Waals surface area (Å²) >= 11 is 0. The second-order valence-corrected chi connectivity index (χ2v) is 11.4. The molecule has 0 amide bonds. The summed E-state index contributed by atoms with van der Waals surface area (Å²) in [6, 6.07) is 23.0. The molecule has 3 nitrogen and oxygen atoms in total. The third kappa shape index (κ3) is 3.47. The van der Waals surface area contributed by atoms with Crippen LogP contribution in [-0.2, 0) is 29.4 Å². The highest BCUT2D eigenvalue weighted by Gasteiger charge is 2.32. The van der Waals surface area contributed by atoms with Gasteiger partial charge in [0.05, 0.1) is 0 Å². The van der Waals surface area contributed by atoms with Gasteiger partial charge in [-0.3, -0.25) is 4.55 Å². The van der Waals surface area contributed by atoms with Crippen LogP contribution in [0.15, 0.2) is 71.6 Å². The second kappa shape index (κ2) is 7.91. The Labute approximate surface area is 207 Å². The van der Waals surface area contributed by atoms with Gasteiger partial charge in [0.2, 0.25) is 0 Å². The molecule has 0 saturated carbocycles. The summed E-state index contributed by atoms with van der Waals surface area (Å²) in [4.78, 5) is 0.0590. The van der Waals surface area contributed by atoms with Gasteiger partial charge in [0.1, 0.15) is 4.90 Å². The molecule has 0 spiro atoms. The monoisotopic (exact) mass is 480 g/mol. The number of benzene rings is 4. The Kier molecular flexibility index (Phi) is 5.03. The number of aryl methyl sites for hydroxylation is 1. The molecule has 0 saturated heterocycles. The Morgan fingerprint density at radius 2 is 1.37 bits per heavy atom. The predicted octanol–water partition coefficient (Wildman–Crippen LogP) is 7.43. The van der Waals surface area contributed by atoms with Crippen LogP contribution in [-0.4, -0.2) is 13.0 Å². The van der Waals surface area contributed by atoms with E-state index in [1.54, 1.807) is 0 Å². The number of rotatable bonds is 4. The van der Waals surface area contributed by atoms with Crippen LogP contribution in [0, 0.1) is 0 Å². The first-order chi connectivity index (χ1) is 16.8. The van der Waals surface area contributed by atoms with Gasteiger partial charge in [-0.25, -0.2) is 0 Å². The van der Waals surface area contributed by atoms with Gasteiger partial charge in [-0.15, -0.1) is 0 Å². The fraction of sp³-hybridized carbons (Fsp3) is 0.226. The first kappa shape index (κ1) is 22.3. The van der Waals surface area contributed by atoms with Gasteiger partial charge in [-0.1, -0.05) is 87.5 Å². The maximum Gasteiger partial charge on any atom is 0.295 e. The summed E-state index contributed by atoms with van der Waals surface area (Å²) in [5.41, 5.74) is 12.4. The van der Waals surface area contributed by atoms with Crippen molar-refractivity contribution in [1.82, 2.24) is 0 Å². The number of fused-ring (bicyclic) bond motifs is 6. The number of hydrogen-bond acceptors (Lipinski definition) is 2. The maximum absolute atomic E-state index is 12.9. The van der Waals surface area contributed by atoms with Gasteiger partial charge < -0.3 is 0 Å². The first-order valence-corrected chi connectivity index (χ1v) is 13.7. The molecular weight excluding hydrogens is 452 g/mol. The fourth-order valence-corrected chi connectivity index (χ4v) is 6.82. The van der Waals surface area contributed by atoms with Gasteiger partial charge >= 0.3 is 0 Å². The van der Waals surface area contributed by atoms with Crippen molar-refractivity contribution in [2.24, 2.45) is 0 Å². The van der Waals surface area contributed by atoms with Gasteiger partial charge in [0.25, 0.3) is 10.1 Å². The Hall–Kier alpha value is -3.21. The van der Waals surface area contributed by atoms with Crippen LogP contribution in [0.3, 0.4) is 0 Å². The van der Waals surface area contributed by atoms with E-state index in [0.717, 1.165) is 46.2 Å². The third-order valence-electron chi connectivity index (χ3n) is 7.65. The van der Waals surface area contributed by atoms with Crippen molar-refractivity contribution >= 4 is 10.1 Å². The van der Waals surface area contributed by atoms with E-state index < -0.39 is 10.1 Å². The summed E-state index contributed by atoms with van der Waals surface area (Å²) in [7, 11) is -4.46. The minimum atomic E-state index is -4.46. The molecule has 4 aromatic rings. The highest BCUT2D eigenvalue weighted by molar-refractivity contribution is 7.86. The van der Waals surface area contributed by atoms with E-state index in [1.165, 1.54) is 22.3 Å². The standard InChI is InChI=1S/C31H28O3S/c1-4-19-13-27-23-8-6-5-7-21(23)16-29(27)28(14-19)26-12-11-25-24-10-9-20(18(2)3)15-22(24)17-30(25)31(26)35(32,33)34/h5-15,18H,4,16-17H2,1-3H3,(H,32,33,34). The largest absolute Gasteiger partial charge is 0.295 e. The van der Waals surface area contributed by atoms with E-state index in [0.29, 0.717) is 23.5 Å². The molecule has 0 aromatic heterocycles. The fourth-order valence-electron chi connectivity index (χ4n) is 5.87. The molecule has 0 heterocycles. The SMILES string of the molecule is CCc1cc2c(c(-c3ccc4c(c3S(=O)(=O)O)Cc3cc(C(C)C)ccc3-4)c1)Cc1ccccc1-2. The molecule has 0 bridgehead atoms. The highest BCUT2D eigenvalue weighted by atomic mass is 32.2. The lowest BCUT2D eigenvalue weighted by Crippen LogP contribution is -2.07. The van der Waals surface area contributed by atoms with E-state index in [4.69, 9.17) is 0 Å². The Bertz CT molecular complexity index is 1630. The summed E-state index contributed by atoms with van der Waals surface area (Å²) in [5.74, 6) is 0.390. The Morgan fingerprint density at radius 1 is 0.743 bits per heavy atom. The lowest BCUT2D eigenvalue weighted by molar-refractivity contribution is 0.483. The van der Waals surface area contributed by atoms with Crippen LogP contribution in [0.1, 0.15) is 60.1 Å². The normalized spacial score (nSPS) is 13.5. The van der Waals surface area contributed by atoms with Crippen LogP contribution in [0.25, 0.3) is 33.4 Å². The van der Waals surface area contributed by atoms with Crippen molar-refractivity contribution in [2.45, 2.75) is 50.8 Å². The van der Waals surface area contributed by atoms with E-state index in [1.807, 2.05) is 24.3 Å². The van der Waals surface area contributed by atoms with Crippen molar-refractivity contribution in [3.8, 4) is 33.4 Å². The lowest BCUT2D eigenvalue weighted by Gasteiger charge is -2.17. The van der Waals surface area contributed by atoms with Crippen LogP contribution in [0.5, 0.6) is 0 Å². The van der Waals surface area contributed by atoms with Crippen LogP contribution < -0.4 is 0 Å². The molecule has 0 fully saturated rings. The zero-order valence-corrected chi connectivity index (χ0v) is 21.0. The zero-order chi connectivity index (χ0) is 24.5. The third-order valence-corrected chi connectivity index (χ3v) is 8.64. The average molecular weight is 481 g/mol. The highest BCUT2D eigenvalue weighted by Crippen LogP contribution is 2.48. The number of hydrogen-bond donors (Lipinski definition) is 1. The summed E-state index contributed by atoms with van der Waals surface area (Å²) in [6.45, 7) is 6.43. The minimum Gasteiger partial charge on any atom is -0.282 e. The molecule has 6 rings (SSSR count).